The molecule has 0 aliphatic heterocycles. The first-order chi connectivity index (χ1) is 7.33. The molecule has 2 N–H and O–H groups in total. The Morgan fingerprint density at radius 2 is 1.94 bits per heavy atom. The van der Waals surface area contributed by atoms with Crippen LogP contribution in [-0.4, -0.2) is 13.0 Å². The Balaban J connectivity index is 2.98. The van der Waals surface area contributed by atoms with Crippen LogP contribution in [0.2, 0.25) is 0 Å². The number of alkyl halides is 4. The number of nitrogens with two attached hydrogens (primary N) is 1. The molecule has 0 saturated heterocycles. The molecule has 1 aromatic rings. The van der Waals surface area contributed by atoms with Gasteiger partial charge >= 0.3 is 6.36 Å². The summed E-state index contributed by atoms with van der Waals surface area (Å²) in [6.07, 6.45) is -4.88. The molecule has 90 valence electrons. The van der Waals surface area contributed by atoms with Crippen molar-refractivity contribution < 1.29 is 26.7 Å². The molecule has 16 heavy (non-hydrogen) atoms. The Morgan fingerprint density at radius 3 is 2.44 bits per heavy atom. The lowest BCUT2D eigenvalue weighted by atomic mass is 10.1. The zero-order valence-corrected chi connectivity index (χ0v) is 7.89. The van der Waals surface area contributed by atoms with Crippen molar-refractivity contribution in [3.8, 4) is 5.75 Å². The minimum absolute atomic E-state index is 0.357. The van der Waals surface area contributed by atoms with Crippen LogP contribution in [0.3, 0.4) is 0 Å². The van der Waals surface area contributed by atoms with Gasteiger partial charge in [0.25, 0.3) is 0 Å². The van der Waals surface area contributed by atoms with E-state index in [0.29, 0.717) is 0 Å². The second-order valence-corrected chi connectivity index (χ2v) is 2.99. The Labute approximate surface area is 87.8 Å². The van der Waals surface area contributed by atoms with E-state index in [1.54, 1.807) is 0 Å². The summed E-state index contributed by atoms with van der Waals surface area (Å²) < 4.78 is 64.3. The number of rotatable bonds is 3. The minimum Gasteiger partial charge on any atom is -0.406 e. The summed E-state index contributed by atoms with van der Waals surface area (Å²) in [6.45, 7) is -1.08. The van der Waals surface area contributed by atoms with Gasteiger partial charge in [-0.25, -0.2) is 8.78 Å². The number of halogens is 5. The Bertz CT molecular complexity index is 365. The average molecular weight is 241 g/mol. The van der Waals surface area contributed by atoms with Crippen molar-refractivity contribution in [1.82, 2.24) is 0 Å². The van der Waals surface area contributed by atoms with Gasteiger partial charge in [0.1, 0.15) is 18.2 Å². The van der Waals surface area contributed by atoms with Crippen LogP contribution in [0.15, 0.2) is 18.2 Å². The standard InChI is InChI=1S/C9H8F5NO/c10-4-8(15)6-3-5(1-2-7(6)11)16-9(12,13)14/h1-3,8H,4,15H2/t8-/m0/s1. The van der Waals surface area contributed by atoms with Gasteiger partial charge < -0.3 is 10.5 Å². The quantitative estimate of drug-likeness (QED) is 0.826. The third-order valence-electron chi connectivity index (χ3n) is 1.77. The fourth-order valence-corrected chi connectivity index (χ4v) is 1.09. The van der Waals surface area contributed by atoms with Gasteiger partial charge in [0.05, 0.1) is 6.04 Å². The molecule has 0 fully saturated rings. The summed E-state index contributed by atoms with van der Waals surface area (Å²) >= 11 is 0. The zero-order valence-electron chi connectivity index (χ0n) is 7.89. The maximum atomic E-state index is 13.1. The molecule has 0 amide bonds. The summed E-state index contributed by atoms with van der Waals surface area (Å²) in [5.41, 5.74) is 4.82. The molecule has 0 aliphatic rings. The van der Waals surface area contributed by atoms with Crippen LogP contribution in [0.1, 0.15) is 11.6 Å². The molecule has 1 atom stereocenters. The van der Waals surface area contributed by atoms with Gasteiger partial charge in [-0.05, 0) is 18.2 Å². The van der Waals surface area contributed by atoms with Gasteiger partial charge in [0.2, 0.25) is 0 Å². The maximum absolute atomic E-state index is 13.1. The number of hydrogen-bond donors (Lipinski definition) is 1. The Morgan fingerprint density at radius 1 is 1.31 bits per heavy atom. The van der Waals surface area contributed by atoms with Gasteiger partial charge in [0, 0.05) is 5.56 Å². The number of benzene rings is 1. The molecule has 2 nitrogen and oxygen atoms in total. The van der Waals surface area contributed by atoms with E-state index < -0.39 is 30.6 Å². The van der Waals surface area contributed by atoms with E-state index in [2.05, 4.69) is 4.74 Å². The largest absolute Gasteiger partial charge is 0.573 e. The topological polar surface area (TPSA) is 35.2 Å². The van der Waals surface area contributed by atoms with Crippen molar-refractivity contribution in [2.24, 2.45) is 5.73 Å². The number of ether oxygens (including phenoxy) is 1. The smallest absolute Gasteiger partial charge is 0.406 e. The van der Waals surface area contributed by atoms with E-state index in [4.69, 9.17) is 5.73 Å². The molecule has 1 aromatic carbocycles. The van der Waals surface area contributed by atoms with Crippen molar-refractivity contribution in [2.45, 2.75) is 12.4 Å². The van der Waals surface area contributed by atoms with E-state index in [0.717, 1.165) is 18.2 Å². The summed E-state index contributed by atoms with van der Waals surface area (Å²) in [5, 5.41) is 0. The highest BCUT2D eigenvalue weighted by Gasteiger charge is 2.31. The highest BCUT2D eigenvalue weighted by molar-refractivity contribution is 5.32. The fourth-order valence-electron chi connectivity index (χ4n) is 1.09. The van der Waals surface area contributed by atoms with Crippen molar-refractivity contribution in [3.63, 3.8) is 0 Å². The fraction of sp³-hybridized carbons (Fsp3) is 0.333. The third kappa shape index (κ3) is 3.34. The first-order valence-corrected chi connectivity index (χ1v) is 4.20. The zero-order chi connectivity index (χ0) is 12.3. The lowest BCUT2D eigenvalue weighted by Gasteiger charge is -2.13. The van der Waals surface area contributed by atoms with E-state index in [1.165, 1.54) is 0 Å². The molecule has 0 radical (unpaired) electrons. The minimum atomic E-state index is -4.88. The lowest BCUT2D eigenvalue weighted by molar-refractivity contribution is -0.274. The second kappa shape index (κ2) is 4.65. The molecule has 0 heterocycles. The van der Waals surface area contributed by atoms with Crippen LogP contribution < -0.4 is 10.5 Å². The predicted molar refractivity (Wildman–Crippen MR) is 46.0 cm³/mol. The van der Waals surface area contributed by atoms with Crippen molar-refractivity contribution in [2.75, 3.05) is 6.67 Å². The molecule has 0 bridgehead atoms. The summed E-state index contributed by atoms with van der Waals surface area (Å²) in [4.78, 5) is 0. The van der Waals surface area contributed by atoms with Gasteiger partial charge in [-0.1, -0.05) is 0 Å². The molecule has 0 aliphatic carbocycles. The Kier molecular flexibility index (Phi) is 3.69. The van der Waals surface area contributed by atoms with Crippen LogP contribution in [0.4, 0.5) is 22.0 Å². The van der Waals surface area contributed by atoms with Crippen molar-refractivity contribution >= 4 is 0 Å². The van der Waals surface area contributed by atoms with E-state index in [1.807, 2.05) is 0 Å². The molecular formula is C9H8F5NO. The molecule has 0 aromatic heterocycles. The van der Waals surface area contributed by atoms with Crippen LogP contribution in [0, 0.1) is 5.82 Å². The van der Waals surface area contributed by atoms with E-state index in [9.17, 15) is 22.0 Å². The molecule has 7 heteroatoms. The molecule has 1 rings (SSSR count). The van der Waals surface area contributed by atoms with Crippen LogP contribution >= 0.6 is 0 Å². The summed E-state index contributed by atoms with van der Waals surface area (Å²) in [7, 11) is 0. The summed E-state index contributed by atoms with van der Waals surface area (Å²) in [6, 6.07) is 0.952. The van der Waals surface area contributed by atoms with Crippen LogP contribution in [-0.2, 0) is 0 Å². The monoisotopic (exact) mass is 241 g/mol. The highest BCUT2D eigenvalue weighted by atomic mass is 19.4. The van der Waals surface area contributed by atoms with Crippen molar-refractivity contribution in [1.29, 1.82) is 0 Å². The number of hydrogen-bond acceptors (Lipinski definition) is 2. The average Bonchev–Trinajstić information content (AvgIpc) is 2.18. The van der Waals surface area contributed by atoms with Gasteiger partial charge in [0.15, 0.2) is 0 Å². The first-order valence-electron chi connectivity index (χ1n) is 4.20. The second-order valence-electron chi connectivity index (χ2n) is 2.99. The van der Waals surface area contributed by atoms with Crippen LogP contribution in [0.5, 0.6) is 5.75 Å². The van der Waals surface area contributed by atoms with Gasteiger partial charge in [-0.2, -0.15) is 0 Å². The van der Waals surface area contributed by atoms with Gasteiger partial charge in [-0.3, -0.25) is 0 Å². The third-order valence-corrected chi connectivity index (χ3v) is 1.77. The van der Waals surface area contributed by atoms with Crippen LogP contribution in [0.25, 0.3) is 0 Å². The summed E-state index contributed by atoms with van der Waals surface area (Å²) in [5.74, 6) is -1.51. The van der Waals surface area contributed by atoms with Gasteiger partial charge in [-0.15, -0.1) is 13.2 Å². The SMILES string of the molecule is N[C@@H](CF)c1cc(OC(F)(F)F)ccc1F. The molecule has 0 saturated carbocycles. The Hall–Kier alpha value is -1.37. The molecular weight excluding hydrogens is 233 g/mol. The molecule has 0 unspecified atom stereocenters. The highest BCUT2D eigenvalue weighted by Crippen LogP contribution is 2.26. The lowest BCUT2D eigenvalue weighted by Crippen LogP contribution is -2.18. The van der Waals surface area contributed by atoms with E-state index >= 15 is 0 Å². The molecule has 0 spiro atoms. The normalized spacial score (nSPS) is 13.6. The predicted octanol–water partition coefficient (Wildman–Crippen LogP) is 2.69. The first kappa shape index (κ1) is 12.7. The van der Waals surface area contributed by atoms with Crippen molar-refractivity contribution in [3.05, 3.63) is 29.6 Å². The van der Waals surface area contributed by atoms with E-state index in [-0.39, 0.29) is 5.56 Å². The maximum Gasteiger partial charge on any atom is 0.573 e.